The summed E-state index contributed by atoms with van der Waals surface area (Å²) in [6.45, 7) is 1.30. The van der Waals surface area contributed by atoms with E-state index in [9.17, 15) is 4.79 Å². The molecule has 2 aromatic rings. The molecule has 5 nitrogen and oxygen atoms in total. The first-order valence-corrected chi connectivity index (χ1v) is 9.21. The van der Waals surface area contributed by atoms with Gasteiger partial charge in [-0.05, 0) is 48.6 Å². The Hall–Kier alpha value is -2.05. The number of carbonyl (C=O) groups excluding carboxylic acids is 1. The van der Waals surface area contributed by atoms with E-state index in [0.717, 1.165) is 29.2 Å². The number of anilines is 1. The molecule has 1 N–H and O–H groups in total. The third kappa shape index (κ3) is 3.50. The van der Waals surface area contributed by atoms with Gasteiger partial charge in [0.25, 0.3) is 0 Å². The number of carbonyl (C=O) groups is 1. The highest BCUT2D eigenvalue weighted by Gasteiger charge is 2.49. The second kappa shape index (κ2) is 7.89. The van der Waals surface area contributed by atoms with Crippen LogP contribution in [0.25, 0.3) is 0 Å². The summed E-state index contributed by atoms with van der Waals surface area (Å²) in [4.78, 5) is 14.0. The van der Waals surface area contributed by atoms with Crippen molar-refractivity contribution in [3.05, 3.63) is 46.7 Å². The van der Waals surface area contributed by atoms with E-state index in [4.69, 9.17) is 14.2 Å². The molecule has 1 fully saturated rings. The van der Waals surface area contributed by atoms with Gasteiger partial charge in [0.15, 0.2) is 5.54 Å². The van der Waals surface area contributed by atoms with Crippen LogP contribution < -0.4 is 10.1 Å². The summed E-state index contributed by atoms with van der Waals surface area (Å²) in [5.41, 5.74) is -0.0625. The lowest BCUT2D eigenvalue weighted by atomic mass is 9.77. The van der Waals surface area contributed by atoms with Crippen LogP contribution in [0.3, 0.4) is 0 Å². The number of esters is 1. The van der Waals surface area contributed by atoms with Gasteiger partial charge in [0, 0.05) is 29.7 Å². The largest absolute Gasteiger partial charge is 0.497 e. The fourth-order valence-electron chi connectivity index (χ4n) is 3.38. The van der Waals surface area contributed by atoms with E-state index in [1.165, 1.54) is 7.11 Å². The highest BCUT2D eigenvalue weighted by molar-refractivity contribution is 7.10. The van der Waals surface area contributed by atoms with Gasteiger partial charge in [0.2, 0.25) is 0 Å². The molecule has 0 unspecified atom stereocenters. The summed E-state index contributed by atoms with van der Waals surface area (Å²) in [7, 11) is 3.08. The molecule has 134 valence electrons. The Balaban J connectivity index is 2.03. The Labute approximate surface area is 151 Å². The van der Waals surface area contributed by atoms with E-state index < -0.39 is 5.54 Å². The van der Waals surface area contributed by atoms with E-state index in [-0.39, 0.29) is 11.9 Å². The molecule has 3 rings (SSSR count). The van der Waals surface area contributed by atoms with Gasteiger partial charge < -0.3 is 19.5 Å². The van der Waals surface area contributed by atoms with Crippen molar-refractivity contribution >= 4 is 23.0 Å². The van der Waals surface area contributed by atoms with Crippen LogP contribution in [0.2, 0.25) is 0 Å². The third-order valence-corrected chi connectivity index (χ3v) is 5.69. The minimum absolute atomic E-state index is 0.0921. The lowest BCUT2D eigenvalue weighted by molar-refractivity contribution is -0.150. The van der Waals surface area contributed by atoms with E-state index >= 15 is 0 Å². The van der Waals surface area contributed by atoms with Crippen LogP contribution in [0.1, 0.15) is 17.7 Å². The quantitative estimate of drug-likeness (QED) is 0.796. The summed E-state index contributed by atoms with van der Waals surface area (Å²) < 4.78 is 16.0. The normalized spacial score (nSPS) is 17.5. The van der Waals surface area contributed by atoms with Crippen LogP contribution in [-0.2, 0) is 19.8 Å². The van der Waals surface area contributed by atoms with Crippen molar-refractivity contribution in [1.82, 2.24) is 0 Å². The van der Waals surface area contributed by atoms with Crippen molar-refractivity contribution in [2.45, 2.75) is 18.4 Å². The number of ether oxygens (including phenoxy) is 3. The van der Waals surface area contributed by atoms with E-state index in [2.05, 4.69) is 5.32 Å². The maximum absolute atomic E-state index is 13.0. The van der Waals surface area contributed by atoms with Crippen LogP contribution >= 0.6 is 11.3 Å². The second-order valence-electron chi connectivity index (χ2n) is 6.02. The number of rotatable bonds is 6. The van der Waals surface area contributed by atoms with Gasteiger partial charge >= 0.3 is 5.97 Å². The monoisotopic (exact) mass is 361 g/mol. The van der Waals surface area contributed by atoms with Crippen molar-refractivity contribution < 1.29 is 19.0 Å². The second-order valence-corrected chi connectivity index (χ2v) is 6.96. The SMILES string of the molecule is COC(=O)[C@@](Nc1ccc(OC)cc1)(c1cccs1)C1CCOCC1. The van der Waals surface area contributed by atoms with Crippen molar-refractivity contribution in [2.75, 3.05) is 32.8 Å². The van der Waals surface area contributed by atoms with Crippen molar-refractivity contribution in [1.29, 1.82) is 0 Å². The standard InChI is InChI=1S/C19H23NO4S/c1-22-16-7-5-15(6-8-16)20-19(18(21)23-2,17-4-3-13-25-17)14-9-11-24-12-10-14/h3-8,13-14,20H,9-12H2,1-2H3/t19-/m0/s1. The van der Waals surface area contributed by atoms with Gasteiger partial charge in [-0.15, -0.1) is 11.3 Å². The number of hydrogen-bond donors (Lipinski definition) is 1. The van der Waals surface area contributed by atoms with Gasteiger partial charge in [-0.2, -0.15) is 0 Å². The molecule has 0 aliphatic carbocycles. The number of benzene rings is 1. The zero-order valence-corrected chi connectivity index (χ0v) is 15.3. The van der Waals surface area contributed by atoms with Crippen LogP contribution in [-0.4, -0.2) is 33.4 Å². The van der Waals surface area contributed by atoms with Crippen LogP contribution in [0, 0.1) is 5.92 Å². The summed E-state index contributed by atoms with van der Waals surface area (Å²) in [6.07, 6.45) is 1.60. The smallest absolute Gasteiger partial charge is 0.337 e. The van der Waals surface area contributed by atoms with Gasteiger partial charge in [-0.3, -0.25) is 0 Å². The summed E-state index contributed by atoms with van der Waals surface area (Å²) in [5, 5.41) is 5.48. The lowest BCUT2D eigenvalue weighted by Gasteiger charge is -2.40. The molecule has 2 heterocycles. The molecule has 1 aromatic heterocycles. The minimum atomic E-state index is -0.915. The summed E-state index contributed by atoms with van der Waals surface area (Å²) in [6, 6.07) is 11.6. The molecular weight excluding hydrogens is 338 g/mol. The first kappa shape index (κ1) is 17.8. The molecule has 0 bridgehead atoms. The average Bonchev–Trinajstić information content (AvgIpc) is 3.22. The maximum Gasteiger partial charge on any atom is 0.337 e. The first-order valence-electron chi connectivity index (χ1n) is 8.33. The van der Waals surface area contributed by atoms with Crippen LogP contribution in [0.4, 0.5) is 5.69 Å². The number of methoxy groups -OCH3 is 2. The number of thiophene rings is 1. The molecule has 1 aliphatic heterocycles. The van der Waals surface area contributed by atoms with E-state index in [1.807, 2.05) is 41.8 Å². The Kier molecular flexibility index (Phi) is 5.60. The summed E-state index contributed by atoms with van der Waals surface area (Å²) >= 11 is 1.57. The topological polar surface area (TPSA) is 56.8 Å². The van der Waals surface area contributed by atoms with Crippen LogP contribution in [0.15, 0.2) is 41.8 Å². The fraction of sp³-hybridized carbons (Fsp3) is 0.421. The number of hydrogen-bond acceptors (Lipinski definition) is 6. The zero-order valence-electron chi connectivity index (χ0n) is 14.5. The van der Waals surface area contributed by atoms with E-state index in [0.29, 0.717) is 13.2 Å². The highest BCUT2D eigenvalue weighted by Crippen LogP contribution is 2.42. The molecular formula is C19H23NO4S. The summed E-state index contributed by atoms with van der Waals surface area (Å²) in [5.74, 6) is 0.600. The highest BCUT2D eigenvalue weighted by atomic mass is 32.1. The number of nitrogens with one attached hydrogen (secondary N) is 1. The first-order chi connectivity index (χ1) is 12.2. The Bertz CT molecular complexity index is 680. The third-order valence-electron chi connectivity index (χ3n) is 4.68. The van der Waals surface area contributed by atoms with Gasteiger partial charge in [0.1, 0.15) is 5.75 Å². The Morgan fingerprint density at radius 3 is 2.48 bits per heavy atom. The van der Waals surface area contributed by atoms with Gasteiger partial charge in [-0.1, -0.05) is 6.07 Å². The fourth-order valence-corrected chi connectivity index (χ4v) is 4.33. The molecule has 0 amide bonds. The molecule has 0 radical (unpaired) electrons. The van der Waals surface area contributed by atoms with Gasteiger partial charge in [-0.25, -0.2) is 4.79 Å². The van der Waals surface area contributed by atoms with E-state index in [1.54, 1.807) is 18.4 Å². The van der Waals surface area contributed by atoms with Crippen molar-refractivity contribution in [2.24, 2.45) is 5.92 Å². The average molecular weight is 361 g/mol. The molecule has 0 saturated carbocycles. The molecule has 1 atom stereocenters. The van der Waals surface area contributed by atoms with Gasteiger partial charge in [0.05, 0.1) is 14.2 Å². The van der Waals surface area contributed by atoms with Crippen LogP contribution in [0.5, 0.6) is 5.75 Å². The molecule has 6 heteroatoms. The molecule has 1 aliphatic rings. The maximum atomic E-state index is 13.0. The predicted octanol–water partition coefficient (Wildman–Crippen LogP) is 3.66. The Morgan fingerprint density at radius 1 is 1.20 bits per heavy atom. The molecule has 1 aromatic carbocycles. The zero-order chi connectivity index (χ0) is 17.7. The predicted molar refractivity (Wildman–Crippen MR) is 98.2 cm³/mol. The molecule has 0 spiro atoms. The van der Waals surface area contributed by atoms with Crippen molar-refractivity contribution in [3.63, 3.8) is 0 Å². The lowest BCUT2D eigenvalue weighted by Crippen LogP contribution is -2.51. The van der Waals surface area contributed by atoms with Crippen molar-refractivity contribution in [3.8, 4) is 5.75 Å². The minimum Gasteiger partial charge on any atom is -0.497 e. The molecule has 1 saturated heterocycles. The Morgan fingerprint density at radius 2 is 1.92 bits per heavy atom. The molecule has 25 heavy (non-hydrogen) atoms.